The zero-order valence-corrected chi connectivity index (χ0v) is 17.8. The number of hydrogen-bond acceptors (Lipinski definition) is 8. The summed E-state index contributed by atoms with van der Waals surface area (Å²) in [6.07, 6.45) is 1.15. The number of nitrogens with zero attached hydrogens (tertiary/aromatic N) is 4. The summed E-state index contributed by atoms with van der Waals surface area (Å²) in [5, 5.41) is 25.6. The Morgan fingerprint density at radius 3 is 2.68 bits per heavy atom. The van der Waals surface area contributed by atoms with Crippen molar-refractivity contribution in [3.63, 3.8) is 0 Å². The second kappa shape index (κ2) is 9.76. The topological polar surface area (TPSA) is 132 Å². The third kappa shape index (κ3) is 4.81. The molecule has 34 heavy (non-hydrogen) atoms. The average Bonchev–Trinajstić information content (AvgIpc) is 2.85. The number of benzene rings is 3. The predicted molar refractivity (Wildman–Crippen MR) is 127 cm³/mol. The number of nitro groups is 1. The molecular formula is C24H19N5O5. The summed E-state index contributed by atoms with van der Waals surface area (Å²) in [7, 11) is 0. The molecule has 1 heterocycles. The van der Waals surface area contributed by atoms with Crippen molar-refractivity contribution in [1.82, 2.24) is 15.1 Å². The number of hydroxylamine groups is 1. The number of phenolic OH excluding ortho intramolecular Hbond substituents is 1. The van der Waals surface area contributed by atoms with E-state index in [0.29, 0.717) is 16.6 Å². The molecule has 0 aliphatic heterocycles. The maximum atomic E-state index is 13.1. The molecule has 4 aromatic rings. The van der Waals surface area contributed by atoms with E-state index in [2.05, 4.69) is 22.1 Å². The average molecular weight is 457 g/mol. The first-order chi connectivity index (χ1) is 16.4. The Balaban J connectivity index is 1.66. The number of aromatic nitrogens is 2. The summed E-state index contributed by atoms with van der Waals surface area (Å²) in [6, 6.07) is 19.6. The first-order valence-electron chi connectivity index (χ1n) is 10.1. The van der Waals surface area contributed by atoms with Crippen LogP contribution in [0.1, 0.15) is 17.0 Å². The van der Waals surface area contributed by atoms with Gasteiger partial charge >= 0.3 is 0 Å². The van der Waals surface area contributed by atoms with Crippen LogP contribution >= 0.6 is 0 Å². The fraction of sp³-hybridized carbons (Fsp3) is 0.0417. The van der Waals surface area contributed by atoms with Crippen LogP contribution in [0.15, 0.2) is 89.3 Å². The standard InChI is InChI=1S/C24H19N5O5/c1-16(17-7-3-2-4-8-17)27-34-15-23-26-21-10-6-5-9-20(21)24(31)28(23)25-14-18-13-19(29(32)33)11-12-22(18)30/h2-14,27,30H,1,15H2/b25-14+. The number of hydrogen-bond donors (Lipinski definition) is 2. The highest BCUT2D eigenvalue weighted by Gasteiger charge is 2.13. The van der Waals surface area contributed by atoms with Crippen molar-refractivity contribution in [2.24, 2.45) is 5.10 Å². The normalized spacial score (nSPS) is 11.1. The van der Waals surface area contributed by atoms with Gasteiger partial charge in [0.25, 0.3) is 11.2 Å². The molecule has 0 fully saturated rings. The minimum Gasteiger partial charge on any atom is -0.507 e. The number of non-ortho nitro benzene ring substituents is 1. The Kier molecular flexibility index (Phi) is 6.42. The van der Waals surface area contributed by atoms with Crippen LogP contribution in [0.2, 0.25) is 0 Å². The van der Waals surface area contributed by atoms with Crippen molar-refractivity contribution in [1.29, 1.82) is 0 Å². The van der Waals surface area contributed by atoms with Gasteiger partial charge in [0.05, 0.1) is 27.7 Å². The molecule has 170 valence electrons. The molecule has 4 rings (SSSR count). The zero-order valence-electron chi connectivity index (χ0n) is 17.8. The summed E-state index contributed by atoms with van der Waals surface area (Å²) in [6.45, 7) is 3.77. The first kappa shape index (κ1) is 22.4. The van der Waals surface area contributed by atoms with E-state index in [-0.39, 0.29) is 29.4 Å². The second-order valence-electron chi connectivity index (χ2n) is 7.14. The van der Waals surface area contributed by atoms with Crippen LogP contribution in [0, 0.1) is 10.1 Å². The van der Waals surface area contributed by atoms with Crippen LogP contribution in [0.4, 0.5) is 5.69 Å². The quantitative estimate of drug-likeness (QED) is 0.235. The lowest BCUT2D eigenvalue weighted by Crippen LogP contribution is -2.24. The van der Waals surface area contributed by atoms with Crippen molar-refractivity contribution >= 4 is 28.5 Å². The van der Waals surface area contributed by atoms with E-state index in [4.69, 9.17) is 4.84 Å². The fourth-order valence-corrected chi connectivity index (χ4v) is 3.15. The summed E-state index contributed by atoms with van der Waals surface area (Å²) in [4.78, 5) is 33.5. The molecule has 1 aromatic heterocycles. The Labute approximate surface area is 193 Å². The van der Waals surface area contributed by atoms with E-state index < -0.39 is 10.5 Å². The maximum absolute atomic E-state index is 13.1. The smallest absolute Gasteiger partial charge is 0.282 e. The van der Waals surface area contributed by atoms with Gasteiger partial charge in [0.15, 0.2) is 5.82 Å². The Morgan fingerprint density at radius 1 is 1.18 bits per heavy atom. The Morgan fingerprint density at radius 2 is 1.91 bits per heavy atom. The molecule has 0 atom stereocenters. The lowest BCUT2D eigenvalue weighted by atomic mass is 10.2. The third-order valence-electron chi connectivity index (χ3n) is 4.87. The van der Waals surface area contributed by atoms with E-state index in [1.165, 1.54) is 12.1 Å². The molecule has 0 aliphatic carbocycles. The predicted octanol–water partition coefficient (Wildman–Crippen LogP) is 3.58. The van der Waals surface area contributed by atoms with E-state index in [0.717, 1.165) is 22.5 Å². The first-order valence-corrected chi connectivity index (χ1v) is 10.1. The largest absolute Gasteiger partial charge is 0.507 e. The van der Waals surface area contributed by atoms with Crippen molar-refractivity contribution in [2.45, 2.75) is 6.61 Å². The van der Waals surface area contributed by atoms with Crippen LogP contribution < -0.4 is 11.0 Å². The highest BCUT2D eigenvalue weighted by Crippen LogP contribution is 2.21. The Bertz CT molecular complexity index is 1460. The van der Waals surface area contributed by atoms with Gasteiger partial charge in [-0.2, -0.15) is 9.78 Å². The van der Waals surface area contributed by atoms with E-state index >= 15 is 0 Å². The monoisotopic (exact) mass is 457 g/mol. The molecule has 10 heteroatoms. The highest BCUT2D eigenvalue weighted by molar-refractivity contribution is 5.84. The molecule has 0 aliphatic rings. The molecule has 0 radical (unpaired) electrons. The van der Waals surface area contributed by atoms with Gasteiger partial charge in [0, 0.05) is 17.7 Å². The molecule has 0 spiro atoms. The molecule has 0 unspecified atom stereocenters. The van der Waals surface area contributed by atoms with Gasteiger partial charge in [0.2, 0.25) is 0 Å². The van der Waals surface area contributed by atoms with Crippen LogP contribution in [0.25, 0.3) is 16.6 Å². The number of rotatable bonds is 8. The van der Waals surface area contributed by atoms with Gasteiger partial charge in [-0.1, -0.05) is 49.0 Å². The fourth-order valence-electron chi connectivity index (χ4n) is 3.15. The minimum absolute atomic E-state index is 0.0664. The van der Waals surface area contributed by atoms with Gasteiger partial charge < -0.3 is 5.11 Å². The summed E-state index contributed by atoms with van der Waals surface area (Å²) >= 11 is 0. The summed E-state index contributed by atoms with van der Waals surface area (Å²) in [5.41, 5.74) is 3.90. The SMILES string of the molecule is C=C(NOCc1nc2ccccc2c(=O)n1/N=C/c1cc([N+](=O)[O-])ccc1O)c1ccccc1. The molecule has 0 bridgehead atoms. The van der Waals surface area contributed by atoms with Crippen molar-refractivity contribution in [3.8, 4) is 5.75 Å². The second-order valence-corrected chi connectivity index (χ2v) is 7.14. The molecule has 0 saturated carbocycles. The van der Waals surface area contributed by atoms with Crippen LogP contribution in [0.5, 0.6) is 5.75 Å². The highest BCUT2D eigenvalue weighted by atomic mass is 16.6. The summed E-state index contributed by atoms with van der Waals surface area (Å²) in [5.74, 6) is -0.0620. The maximum Gasteiger partial charge on any atom is 0.282 e. The minimum atomic E-state index is -0.592. The zero-order chi connectivity index (χ0) is 24.1. The molecule has 2 N–H and O–H groups in total. The van der Waals surface area contributed by atoms with Gasteiger partial charge in [0.1, 0.15) is 12.4 Å². The number of phenols is 1. The van der Waals surface area contributed by atoms with Crippen molar-refractivity contribution in [3.05, 3.63) is 117 Å². The molecule has 10 nitrogen and oxygen atoms in total. The van der Waals surface area contributed by atoms with E-state index in [1.54, 1.807) is 24.3 Å². The lowest BCUT2D eigenvalue weighted by Gasteiger charge is -2.12. The summed E-state index contributed by atoms with van der Waals surface area (Å²) < 4.78 is 1.02. The number of fused-ring (bicyclic) bond motifs is 1. The van der Waals surface area contributed by atoms with Gasteiger partial charge in [-0.05, 0) is 23.8 Å². The third-order valence-corrected chi connectivity index (χ3v) is 4.87. The van der Waals surface area contributed by atoms with Crippen LogP contribution in [-0.4, -0.2) is 25.9 Å². The molecular weight excluding hydrogens is 438 g/mol. The Hall–Kier alpha value is -4.83. The molecule has 3 aromatic carbocycles. The molecule has 0 saturated heterocycles. The van der Waals surface area contributed by atoms with Crippen LogP contribution in [-0.2, 0) is 11.4 Å². The van der Waals surface area contributed by atoms with Crippen molar-refractivity contribution < 1.29 is 14.9 Å². The lowest BCUT2D eigenvalue weighted by molar-refractivity contribution is -0.384. The van der Waals surface area contributed by atoms with Gasteiger partial charge in [-0.3, -0.25) is 25.2 Å². The van der Waals surface area contributed by atoms with Crippen molar-refractivity contribution in [2.75, 3.05) is 0 Å². The van der Waals surface area contributed by atoms with Gasteiger partial charge in [-0.15, -0.1) is 0 Å². The van der Waals surface area contributed by atoms with E-state index in [1.807, 2.05) is 30.3 Å². The van der Waals surface area contributed by atoms with E-state index in [9.17, 15) is 20.0 Å². The van der Waals surface area contributed by atoms with Gasteiger partial charge in [-0.25, -0.2) is 4.98 Å². The van der Waals surface area contributed by atoms with Crippen LogP contribution in [0.3, 0.4) is 0 Å². The molecule has 0 amide bonds. The number of para-hydroxylation sites is 1. The number of nitro benzene ring substituents is 1. The number of nitrogens with one attached hydrogen (secondary N) is 1. The number of aromatic hydroxyl groups is 1.